The highest BCUT2D eigenvalue weighted by Crippen LogP contribution is 2.16. The zero-order valence-electron chi connectivity index (χ0n) is 11.7. The van der Waals surface area contributed by atoms with Gasteiger partial charge in [0.25, 0.3) is 0 Å². The van der Waals surface area contributed by atoms with Crippen LogP contribution in [-0.2, 0) is 11.2 Å². The predicted octanol–water partition coefficient (Wildman–Crippen LogP) is 3.38. The Labute approximate surface area is 118 Å². The van der Waals surface area contributed by atoms with E-state index in [-0.39, 0.29) is 0 Å². The van der Waals surface area contributed by atoms with Crippen LogP contribution in [0.5, 0.6) is 5.75 Å². The molecule has 3 heteroatoms. The molecule has 20 heavy (non-hydrogen) atoms. The third kappa shape index (κ3) is 3.85. The lowest BCUT2D eigenvalue weighted by molar-refractivity contribution is -0.145. The quantitative estimate of drug-likeness (QED) is 0.906. The molecule has 2 aromatic carbocycles. The lowest BCUT2D eigenvalue weighted by atomic mass is 10.0. The number of carbonyl (C=O) groups is 1. The Bertz CT molecular complexity index is 570. The summed E-state index contributed by atoms with van der Waals surface area (Å²) in [6.45, 7) is 4.01. The highest BCUT2D eigenvalue weighted by Gasteiger charge is 2.20. The summed E-state index contributed by atoms with van der Waals surface area (Å²) in [5, 5.41) is 9.31. The zero-order chi connectivity index (χ0) is 14.5. The maximum atomic E-state index is 11.4. The van der Waals surface area contributed by atoms with Crippen LogP contribution in [0.4, 0.5) is 0 Å². The van der Waals surface area contributed by atoms with Crippen LogP contribution >= 0.6 is 0 Å². The van der Waals surface area contributed by atoms with E-state index < -0.39 is 12.1 Å². The molecular weight excluding hydrogens is 252 g/mol. The van der Waals surface area contributed by atoms with Gasteiger partial charge in [-0.05, 0) is 31.5 Å². The van der Waals surface area contributed by atoms with Gasteiger partial charge in [0.15, 0.2) is 6.10 Å². The number of hydrogen-bond acceptors (Lipinski definition) is 2. The number of rotatable bonds is 5. The number of benzene rings is 2. The summed E-state index contributed by atoms with van der Waals surface area (Å²) in [4.78, 5) is 11.4. The van der Waals surface area contributed by atoms with Gasteiger partial charge >= 0.3 is 5.97 Å². The van der Waals surface area contributed by atoms with Crippen molar-refractivity contribution >= 4 is 5.97 Å². The average molecular weight is 270 g/mol. The fourth-order valence-electron chi connectivity index (χ4n) is 2.24. The van der Waals surface area contributed by atoms with Gasteiger partial charge in [-0.15, -0.1) is 0 Å². The second-order valence-corrected chi connectivity index (χ2v) is 4.96. The summed E-state index contributed by atoms with van der Waals surface area (Å²) in [5.74, 6) is -0.378. The molecule has 2 aromatic rings. The monoisotopic (exact) mass is 270 g/mol. The molecule has 0 aliphatic rings. The number of para-hydroxylation sites is 1. The molecule has 0 amide bonds. The SMILES string of the molecule is Cc1cc(C)cc(C[C@@H](Oc2ccccc2)C(=O)O)c1. The lowest BCUT2D eigenvalue weighted by Gasteiger charge is -2.16. The van der Waals surface area contributed by atoms with Gasteiger partial charge < -0.3 is 9.84 Å². The molecule has 0 fully saturated rings. The Kier molecular flexibility index (Phi) is 4.41. The van der Waals surface area contributed by atoms with Crippen molar-refractivity contribution in [2.75, 3.05) is 0 Å². The van der Waals surface area contributed by atoms with Crippen molar-refractivity contribution in [1.82, 2.24) is 0 Å². The highest BCUT2D eigenvalue weighted by atomic mass is 16.5. The smallest absolute Gasteiger partial charge is 0.345 e. The Balaban J connectivity index is 2.15. The van der Waals surface area contributed by atoms with Gasteiger partial charge in [0.05, 0.1) is 0 Å². The average Bonchev–Trinajstić information content (AvgIpc) is 2.38. The predicted molar refractivity (Wildman–Crippen MR) is 78.1 cm³/mol. The van der Waals surface area contributed by atoms with Crippen LogP contribution in [0.25, 0.3) is 0 Å². The summed E-state index contributed by atoms with van der Waals surface area (Å²) in [5.41, 5.74) is 3.23. The number of aryl methyl sites for hydroxylation is 2. The molecule has 104 valence electrons. The van der Waals surface area contributed by atoms with Crippen molar-refractivity contribution in [2.45, 2.75) is 26.4 Å². The van der Waals surface area contributed by atoms with E-state index >= 15 is 0 Å². The fourth-order valence-corrected chi connectivity index (χ4v) is 2.24. The Morgan fingerprint density at radius 1 is 1.10 bits per heavy atom. The number of hydrogen-bond donors (Lipinski definition) is 1. The number of carboxylic acid groups (broad SMARTS) is 1. The minimum Gasteiger partial charge on any atom is -0.478 e. The second-order valence-electron chi connectivity index (χ2n) is 4.96. The van der Waals surface area contributed by atoms with Crippen molar-refractivity contribution in [2.24, 2.45) is 0 Å². The van der Waals surface area contributed by atoms with Gasteiger partial charge in [-0.25, -0.2) is 4.79 Å². The van der Waals surface area contributed by atoms with Crippen LogP contribution in [0, 0.1) is 13.8 Å². The van der Waals surface area contributed by atoms with Crippen LogP contribution in [0.15, 0.2) is 48.5 Å². The summed E-state index contributed by atoms with van der Waals surface area (Å²) < 4.78 is 5.56. The standard InChI is InChI=1S/C17H18O3/c1-12-8-13(2)10-14(9-12)11-16(17(18)19)20-15-6-4-3-5-7-15/h3-10,16H,11H2,1-2H3,(H,18,19)/t16-/m1/s1. The van der Waals surface area contributed by atoms with E-state index in [4.69, 9.17) is 4.74 Å². The molecule has 0 unspecified atom stereocenters. The van der Waals surface area contributed by atoms with E-state index in [1.165, 1.54) is 0 Å². The normalized spacial score (nSPS) is 11.9. The molecular formula is C17H18O3. The van der Waals surface area contributed by atoms with Gasteiger partial charge in [-0.3, -0.25) is 0 Å². The van der Waals surface area contributed by atoms with Crippen LogP contribution in [-0.4, -0.2) is 17.2 Å². The van der Waals surface area contributed by atoms with Crippen molar-refractivity contribution in [3.63, 3.8) is 0 Å². The maximum absolute atomic E-state index is 11.4. The first-order chi connectivity index (χ1) is 9.54. The molecule has 0 aliphatic heterocycles. The van der Waals surface area contributed by atoms with E-state index in [0.717, 1.165) is 16.7 Å². The third-order valence-electron chi connectivity index (χ3n) is 3.00. The molecule has 2 rings (SSSR count). The first kappa shape index (κ1) is 14.1. The van der Waals surface area contributed by atoms with Crippen molar-refractivity contribution in [3.8, 4) is 5.75 Å². The van der Waals surface area contributed by atoms with Crippen molar-refractivity contribution in [1.29, 1.82) is 0 Å². The molecule has 0 radical (unpaired) electrons. The minimum absolute atomic E-state index is 0.354. The van der Waals surface area contributed by atoms with Gasteiger partial charge in [0.2, 0.25) is 0 Å². The van der Waals surface area contributed by atoms with E-state index in [1.54, 1.807) is 12.1 Å². The topological polar surface area (TPSA) is 46.5 Å². The largest absolute Gasteiger partial charge is 0.478 e. The number of ether oxygens (including phenoxy) is 1. The third-order valence-corrected chi connectivity index (χ3v) is 3.00. The van der Waals surface area contributed by atoms with Gasteiger partial charge in [-0.1, -0.05) is 47.5 Å². The first-order valence-electron chi connectivity index (χ1n) is 6.56. The van der Waals surface area contributed by atoms with Crippen molar-refractivity contribution < 1.29 is 14.6 Å². The first-order valence-corrected chi connectivity index (χ1v) is 6.56. The summed E-state index contributed by atoms with van der Waals surface area (Å²) in [6.07, 6.45) is -0.522. The molecule has 0 aromatic heterocycles. The Morgan fingerprint density at radius 2 is 1.70 bits per heavy atom. The summed E-state index contributed by atoms with van der Waals surface area (Å²) in [6, 6.07) is 15.1. The number of carboxylic acids is 1. The Morgan fingerprint density at radius 3 is 2.25 bits per heavy atom. The van der Waals surface area contributed by atoms with Crippen LogP contribution in [0.2, 0.25) is 0 Å². The van der Waals surface area contributed by atoms with Crippen molar-refractivity contribution in [3.05, 3.63) is 65.2 Å². The zero-order valence-corrected chi connectivity index (χ0v) is 11.7. The molecule has 1 atom stereocenters. The Hall–Kier alpha value is -2.29. The molecule has 3 nitrogen and oxygen atoms in total. The molecule has 0 spiro atoms. The lowest BCUT2D eigenvalue weighted by Crippen LogP contribution is -2.29. The molecule has 0 saturated heterocycles. The second kappa shape index (κ2) is 6.24. The van der Waals surface area contributed by atoms with Crippen LogP contribution < -0.4 is 4.74 Å². The maximum Gasteiger partial charge on any atom is 0.345 e. The minimum atomic E-state index is -0.951. The molecule has 0 heterocycles. The van der Waals surface area contributed by atoms with E-state index in [2.05, 4.69) is 6.07 Å². The van der Waals surface area contributed by atoms with Crippen LogP contribution in [0.3, 0.4) is 0 Å². The summed E-state index contributed by atoms with van der Waals surface area (Å²) in [7, 11) is 0. The summed E-state index contributed by atoms with van der Waals surface area (Å²) >= 11 is 0. The van der Waals surface area contributed by atoms with E-state index in [1.807, 2.05) is 44.2 Å². The molecule has 0 saturated carbocycles. The van der Waals surface area contributed by atoms with E-state index in [9.17, 15) is 9.90 Å². The van der Waals surface area contributed by atoms with Gasteiger partial charge in [0.1, 0.15) is 5.75 Å². The fraction of sp³-hybridized carbons (Fsp3) is 0.235. The number of aliphatic carboxylic acids is 1. The van der Waals surface area contributed by atoms with Crippen LogP contribution in [0.1, 0.15) is 16.7 Å². The van der Waals surface area contributed by atoms with Gasteiger partial charge in [-0.2, -0.15) is 0 Å². The highest BCUT2D eigenvalue weighted by molar-refractivity contribution is 5.73. The molecule has 0 aliphatic carbocycles. The van der Waals surface area contributed by atoms with E-state index in [0.29, 0.717) is 12.2 Å². The molecule has 0 bridgehead atoms. The van der Waals surface area contributed by atoms with Gasteiger partial charge in [0, 0.05) is 6.42 Å². The molecule has 1 N–H and O–H groups in total.